The van der Waals surface area contributed by atoms with E-state index in [9.17, 15) is 19.5 Å². The van der Waals surface area contributed by atoms with Gasteiger partial charge in [-0.2, -0.15) is 0 Å². The Morgan fingerprint density at radius 3 is 2.41 bits per heavy atom. The van der Waals surface area contributed by atoms with Crippen LogP contribution in [0.3, 0.4) is 0 Å². The van der Waals surface area contributed by atoms with Gasteiger partial charge in [0.1, 0.15) is 5.00 Å². The first-order valence-electron chi connectivity index (χ1n) is 10.6. The number of anilines is 1. The number of allylic oxidation sites excluding steroid dienone is 2. The number of carbonyl (C=O) groups is 3. The quantitative estimate of drug-likeness (QED) is 0.616. The molecule has 2 amide bonds. The Labute approximate surface area is 174 Å². The van der Waals surface area contributed by atoms with Crippen LogP contribution in [0.15, 0.2) is 12.2 Å². The van der Waals surface area contributed by atoms with Crippen LogP contribution < -0.4 is 10.6 Å². The van der Waals surface area contributed by atoms with E-state index in [-0.39, 0.29) is 29.7 Å². The number of carbonyl (C=O) groups excluding carboxylic acids is 2. The minimum atomic E-state index is -0.919. The number of aryl methyl sites for hydroxylation is 1. The van der Waals surface area contributed by atoms with Crippen molar-refractivity contribution in [3.63, 3.8) is 0 Å². The lowest BCUT2D eigenvalue weighted by Gasteiger charge is -2.24. The summed E-state index contributed by atoms with van der Waals surface area (Å²) < 4.78 is 0. The molecule has 0 aromatic carbocycles. The van der Waals surface area contributed by atoms with Crippen LogP contribution in [0.4, 0.5) is 5.00 Å². The highest BCUT2D eigenvalue weighted by atomic mass is 32.1. The summed E-state index contributed by atoms with van der Waals surface area (Å²) in [5.41, 5.74) is 1.52. The maximum Gasteiger partial charge on any atom is 0.307 e. The Balaban J connectivity index is 1.58. The van der Waals surface area contributed by atoms with Crippen LogP contribution in [0.1, 0.15) is 59.8 Å². The van der Waals surface area contributed by atoms with E-state index in [1.54, 1.807) is 0 Å². The van der Waals surface area contributed by atoms with Crippen molar-refractivity contribution in [2.24, 2.45) is 23.7 Å². The summed E-state index contributed by atoms with van der Waals surface area (Å²) in [4.78, 5) is 38.9. The minimum Gasteiger partial charge on any atom is -0.481 e. The maximum absolute atomic E-state index is 13.1. The molecule has 2 fully saturated rings. The van der Waals surface area contributed by atoms with Crippen molar-refractivity contribution in [3.8, 4) is 0 Å². The number of thiophene rings is 1. The molecule has 29 heavy (non-hydrogen) atoms. The fraction of sp³-hybridized carbons (Fsp3) is 0.591. The highest BCUT2D eigenvalue weighted by Crippen LogP contribution is 2.49. The molecule has 1 aromatic heterocycles. The highest BCUT2D eigenvalue weighted by molar-refractivity contribution is 7.16. The van der Waals surface area contributed by atoms with Gasteiger partial charge in [0, 0.05) is 10.9 Å². The van der Waals surface area contributed by atoms with Crippen LogP contribution in [-0.4, -0.2) is 28.9 Å². The fourth-order valence-electron chi connectivity index (χ4n) is 5.37. The third-order valence-corrected chi connectivity index (χ3v) is 7.83. The lowest BCUT2D eigenvalue weighted by Crippen LogP contribution is -2.37. The average Bonchev–Trinajstić information content (AvgIpc) is 3.44. The average molecular weight is 417 g/mol. The van der Waals surface area contributed by atoms with Gasteiger partial charge in [0.25, 0.3) is 5.91 Å². The van der Waals surface area contributed by atoms with Crippen LogP contribution in [0.5, 0.6) is 0 Å². The molecule has 3 aliphatic carbocycles. The summed E-state index contributed by atoms with van der Waals surface area (Å²) in [7, 11) is 0. The van der Waals surface area contributed by atoms with Gasteiger partial charge < -0.3 is 15.7 Å². The molecule has 2 saturated carbocycles. The molecule has 0 spiro atoms. The predicted molar refractivity (Wildman–Crippen MR) is 112 cm³/mol. The molecule has 0 unspecified atom stereocenters. The first-order valence-corrected chi connectivity index (χ1v) is 11.4. The number of hydrogen-bond donors (Lipinski definition) is 3. The van der Waals surface area contributed by atoms with E-state index in [1.807, 2.05) is 26.0 Å². The Morgan fingerprint density at radius 1 is 1.14 bits per heavy atom. The Kier molecular flexibility index (Phi) is 5.51. The molecule has 6 nitrogen and oxygen atoms in total. The first-order chi connectivity index (χ1) is 13.9. The van der Waals surface area contributed by atoms with E-state index in [0.717, 1.165) is 36.1 Å². The molecule has 1 aromatic rings. The zero-order valence-electron chi connectivity index (χ0n) is 16.9. The Hall–Kier alpha value is -2.15. The zero-order valence-corrected chi connectivity index (χ0v) is 17.7. The van der Waals surface area contributed by atoms with E-state index in [0.29, 0.717) is 23.4 Å². The second kappa shape index (κ2) is 7.94. The van der Waals surface area contributed by atoms with Gasteiger partial charge in [-0.05, 0) is 50.0 Å². The summed E-state index contributed by atoms with van der Waals surface area (Å²) in [5.74, 6) is -2.71. The number of amides is 2. The maximum atomic E-state index is 13.1. The SMILES string of the molecule is CCc1c(C)sc(NC(=O)[C@H]2[C@H](C(=O)O)[C@H]3C=C[C@H]2C3)c1C(=O)NC1CCCC1. The van der Waals surface area contributed by atoms with Gasteiger partial charge in [0.15, 0.2) is 0 Å². The molecule has 4 atom stereocenters. The number of nitrogens with one attached hydrogen (secondary N) is 2. The third-order valence-electron chi connectivity index (χ3n) is 6.76. The molecule has 7 heteroatoms. The molecular weight excluding hydrogens is 388 g/mol. The molecule has 0 saturated heterocycles. The summed E-state index contributed by atoms with van der Waals surface area (Å²) >= 11 is 1.41. The van der Waals surface area contributed by atoms with Crippen molar-refractivity contribution in [1.82, 2.24) is 5.32 Å². The van der Waals surface area contributed by atoms with Crippen molar-refractivity contribution in [3.05, 3.63) is 28.2 Å². The molecule has 0 radical (unpaired) electrons. The largest absolute Gasteiger partial charge is 0.481 e. The van der Waals surface area contributed by atoms with Crippen LogP contribution in [0.2, 0.25) is 0 Å². The van der Waals surface area contributed by atoms with E-state index in [1.165, 1.54) is 11.3 Å². The summed E-state index contributed by atoms with van der Waals surface area (Å²) in [6.07, 6.45) is 9.58. The van der Waals surface area contributed by atoms with Crippen LogP contribution >= 0.6 is 11.3 Å². The molecule has 156 valence electrons. The first kappa shape index (κ1) is 20.1. The molecule has 3 N–H and O–H groups in total. The monoisotopic (exact) mass is 416 g/mol. The number of carboxylic acid groups (broad SMARTS) is 1. The summed E-state index contributed by atoms with van der Waals surface area (Å²) in [6, 6.07) is 0.197. The van der Waals surface area contributed by atoms with Gasteiger partial charge >= 0.3 is 5.97 Å². The van der Waals surface area contributed by atoms with Gasteiger partial charge in [-0.25, -0.2) is 0 Å². The van der Waals surface area contributed by atoms with Crippen LogP contribution in [0, 0.1) is 30.6 Å². The van der Waals surface area contributed by atoms with Crippen molar-refractivity contribution < 1.29 is 19.5 Å². The van der Waals surface area contributed by atoms with Crippen molar-refractivity contribution in [2.75, 3.05) is 5.32 Å². The molecule has 0 aliphatic heterocycles. The number of rotatable bonds is 6. The highest BCUT2D eigenvalue weighted by Gasteiger charge is 2.51. The number of hydrogen-bond acceptors (Lipinski definition) is 4. The topological polar surface area (TPSA) is 95.5 Å². The molecular formula is C22H28N2O4S. The fourth-order valence-corrected chi connectivity index (χ4v) is 6.52. The lowest BCUT2D eigenvalue weighted by molar-refractivity contribution is -0.146. The van der Waals surface area contributed by atoms with Crippen molar-refractivity contribution in [1.29, 1.82) is 0 Å². The summed E-state index contributed by atoms with van der Waals surface area (Å²) in [5, 5.41) is 16.3. The molecule has 4 rings (SSSR count). The number of aliphatic carboxylic acids is 1. The van der Waals surface area contributed by atoms with E-state index in [2.05, 4.69) is 10.6 Å². The van der Waals surface area contributed by atoms with E-state index < -0.39 is 17.8 Å². The predicted octanol–water partition coefficient (Wildman–Crippen LogP) is 3.75. The molecule has 3 aliphatic rings. The van der Waals surface area contributed by atoms with Gasteiger partial charge in [0.05, 0.1) is 17.4 Å². The van der Waals surface area contributed by atoms with Crippen molar-refractivity contribution >= 4 is 34.1 Å². The number of fused-ring (bicyclic) bond motifs is 2. The normalized spacial score (nSPS) is 28.1. The van der Waals surface area contributed by atoms with Crippen LogP contribution in [0.25, 0.3) is 0 Å². The van der Waals surface area contributed by atoms with Gasteiger partial charge in [0.2, 0.25) is 5.91 Å². The third kappa shape index (κ3) is 3.61. The summed E-state index contributed by atoms with van der Waals surface area (Å²) in [6.45, 7) is 3.97. The van der Waals surface area contributed by atoms with E-state index >= 15 is 0 Å². The Morgan fingerprint density at radius 2 is 1.79 bits per heavy atom. The van der Waals surface area contributed by atoms with Gasteiger partial charge in [-0.3, -0.25) is 14.4 Å². The molecule has 1 heterocycles. The van der Waals surface area contributed by atoms with Gasteiger partial charge in [-0.1, -0.05) is 31.9 Å². The van der Waals surface area contributed by atoms with Crippen LogP contribution in [-0.2, 0) is 16.0 Å². The smallest absolute Gasteiger partial charge is 0.307 e. The standard InChI is InChI=1S/C22H28N2O4S/c1-3-15-11(2)29-21(18(15)20(26)23-14-6-4-5-7-14)24-19(25)16-12-8-9-13(10-12)17(16)22(27)28/h8-9,12-14,16-17H,3-7,10H2,1-2H3,(H,23,26)(H,24,25)(H,27,28)/t12-,13-,16+,17+/m0/s1. The van der Waals surface area contributed by atoms with Gasteiger partial charge in [-0.15, -0.1) is 11.3 Å². The second-order valence-corrected chi connectivity index (χ2v) is 9.70. The van der Waals surface area contributed by atoms with Crippen molar-refractivity contribution in [2.45, 2.75) is 58.4 Å². The lowest BCUT2D eigenvalue weighted by atomic mass is 9.82. The zero-order chi connectivity index (χ0) is 20.7. The second-order valence-electron chi connectivity index (χ2n) is 8.48. The Bertz CT molecular complexity index is 868. The van der Waals surface area contributed by atoms with E-state index in [4.69, 9.17) is 0 Å². The number of carboxylic acids is 1. The minimum absolute atomic E-state index is 0.0384. The molecule has 2 bridgehead atoms.